The van der Waals surface area contributed by atoms with Gasteiger partial charge in [-0.1, -0.05) is 29.7 Å². The number of benzene rings is 1. The highest BCUT2D eigenvalue weighted by atomic mass is 15.2. The summed E-state index contributed by atoms with van der Waals surface area (Å²) in [5, 5.41) is 0. The van der Waals surface area contributed by atoms with E-state index < -0.39 is 0 Å². The lowest BCUT2D eigenvalue weighted by Gasteiger charge is -2.32. The fourth-order valence-corrected chi connectivity index (χ4v) is 1.96. The summed E-state index contributed by atoms with van der Waals surface area (Å²) in [5.74, 6) is 0. The third kappa shape index (κ3) is 3.08. The van der Waals surface area contributed by atoms with Crippen LogP contribution in [-0.4, -0.2) is 50.9 Å². The first kappa shape index (κ1) is 10.7. The van der Waals surface area contributed by atoms with Gasteiger partial charge in [0.25, 0.3) is 0 Å². The van der Waals surface area contributed by atoms with Crippen molar-refractivity contribution in [2.45, 2.75) is 6.54 Å². The predicted molar refractivity (Wildman–Crippen MR) is 67.4 cm³/mol. The molecule has 1 aliphatic heterocycles. The molecule has 1 fully saturated rings. The van der Waals surface area contributed by atoms with Crippen LogP contribution in [0.3, 0.4) is 0 Å². The molecule has 0 unspecified atom stereocenters. The zero-order valence-electron chi connectivity index (χ0n) is 9.74. The lowest BCUT2D eigenvalue weighted by atomic mass is 9.95. The molecule has 0 aromatic heterocycles. The van der Waals surface area contributed by atoms with Crippen LogP contribution in [0.15, 0.2) is 24.3 Å². The van der Waals surface area contributed by atoms with Crippen LogP contribution in [0.1, 0.15) is 5.56 Å². The van der Waals surface area contributed by atoms with Crippen molar-refractivity contribution in [3.8, 4) is 0 Å². The number of piperazine rings is 1. The summed E-state index contributed by atoms with van der Waals surface area (Å²) >= 11 is 0. The van der Waals surface area contributed by atoms with Crippen molar-refractivity contribution in [1.29, 1.82) is 0 Å². The van der Waals surface area contributed by atoms with Gasteiger partial charge in [-0.15, -0.1) is 0 Å². The molecule has 0 N–H and O–H groups in total. The van der Waals surface area contributed by atoms with Gasteiger partial charge < -0.3 is 4.90 Å². The number of rotatable bonds is 2. The van der Waals surface area contributed by atoms with E-state index in [2.05, 4.69) is 49.0 Å². The first-order valence-electron chi connectivity index (χ1n) is 5.70. The molecular weight excluding hydrogens is 183 g/mol. The maximum atomic E-state index is 2.53. The Morgan fingerprint density at radius 3 is 2.27 bits per heavy atom. The normalized spacial score (nSPS) is 19.3. The molecule has 0 radical (unpaired) electrons. The van der Waals surface area contributed by atoms with Gasteiger partial charge in [-0.2, -0.15) is 0 Å². The Bertz CT molecular complexity index is 302. The lowest BCUT2D eigenvalue weighted by molar-refractivity contribution is 0.148. The maximum absolute atomic E-state index is 2.53. The van der Waals surface area contributed by atoms with Gasteiger partial charge >= 0.3 is 0 Å². The molecule has 1 aliphatic rings. The largest absolute Gasteiger partial charge is 0.304 e. The van der Waals surface area contributed by atoms with Gasteiger partial charge in [0.2, 0.25) is 0 Å². The molecule has 1 aromatic carbocycles. The summed E-state index contributed by atoms with van der Waals surface area (Å²) in [6, 6.07) is 8.89. The van der Waals surface area contributed by atoms with Crippen molar-refractivity contribution in [2.24, 2.45) is 0 Å². The monoisotopic (exact) mass is 202 g/mol. The van der Waals surface area contributed by atoms with Crippen molar-refractivity contribution < 1.29 is 0 Å². The Morgan fingerprint density at radius 2 is 1.67 bits per heavy atom. The molecule has 2 nitrogen and oxygen atoms in total. The number of likely N-dealkylation sites (N-methyl/N-ethyl adjacent to an activating group) is 1. The van der Waals surface area contributed by atoms with Gasteiger partial charge in [0.05, 0.1) is 0 Å². The predicted octanol–water partition coefficient (Wildman–Crippen LogP) is -0.308. The van der Waals surface area contributed by atoms with Crippen molar-refractivity contribution in [1.82, 2.24) is 9.80 Å². The Kier molecular flexibility index (Phi) is 3.44. The van der Waals surface area contributed by atoms with E-state index in [0.717, 1.165) is 6.54 Å². The molecular formula is C12H19BN2. The molecule has 3 heteroatoms. The van der Waals surface area contributed by atoms with Crippen LogP contribution in [0, 0.1) is 0 Å². The second-order valence-corrected chi connectivity index (χ2v) is 4.57. The standard InChI is InChI=1S/C12H19BN2/c1-14-6-8-15(9-7-14)10-11-2-4-12(13)5-3-11/h2-5H,6-10,13H2,1H3. The van der Waals surface area contributed by atoms with E-state index in [9.17, 15) is 0 Å². The fourth-order valence-electron chi connectivity index (χ4n) is 1.96. The van der Waals surface area contributed by atoms with Crippen LogP contribution in [0.4, 0.5) is 0 Å². The summed E-state index contributed by atoms with van der Waals surface area (Å²) in [6.07, 6.45) is 0. The minimum atomic E-state index is 1.11. The molecule has 1 saturated heterocycles. The molecule has 0 aliphatic carbocycles. The van der Waals surface area contributed by atoms with Crippen molar-refractivity contribution in [3.05, 3.63) is 29.8 Å². The Labute approximate surface area is 93.3 Å². The van der Waals surface area contributed by atoms with Gasteiger partial charge in [-0.3, -0.25) is 4.90 Å². The molecule has 1 heterocycles. The van der Waals surface area contributed by atoms with Crippen LogP contribution < -0.4 is 5.46 Å². The van der Waals surface area contributed by atoms with E-state index in [0.29, 0.717) is 0 Å². The number of hydrogen-bond acceptors (Lipinski definition) is 2. The van der Waals surface area contributed by atoms with Crippen molar-refractivity contribution in [3.63, 3.8) is 0 Å². The lowest BCUT2D eigenvalue weighted by Crippen LogP contribution is -2.43. The van der Waals surface area contributed by atoms with E-state index in [-0.39, 0.29) is 0 Å². The molecule has 1 aromatic rings. The summed E-state index contributed by atoms with van der Waals surface area (Å²) in [7, 11) is 4.34. The SMILES string of the molecule is Bc1ccc(CN2CCN(C)CC2)cc1. The van der Waals surface area contributed by atoms with Crippen molar-refractivity contribution >= 4 is 13.3 Å². The summed E-state index contributed by atoms with van der Waals surface area (Å²) in [6.45, 7) is 5.90. The smallest absolute Gasteiger partial charge is 0.139 e. The van der Waals surface area contributed by atoms with Gasteiger partial charge in [-0.05, 0) is 12.6 Å². The highest BCUT2D eigenvalue weighted by Gasteiger charge is 2.13. The topological polar surface area (TPSA) is 6.48 Å². The van der Waals surface area contributed by atoms with Gasteiger partial charge in [0.1, 0.15) is 7.85 Å². The highest BCUT2D eigenvalue weighted by Crippen LogP contribution is 2.06. The molecule has 0 bridgehead atoms. The average Bonchev–Trinajstić information content (AvgIpc) is 2.25. The molecule has 0 saturated carbocycles. The molecule has 15 heavy (non-hydrogen) atoms. The van der Waals surface area contributed by atoms with Crippen molar-refractivity contribution in [2.75, 3.05) is 33.2 Å². The van der Waals surface area contributed by atoms with Gasteiger partial charge in [0.15, 0.2) is 0 Å². The van der Waals surface area contributed by atoms with E-state index in [1.165, 1.54) is 37.2 Å². The first-order valence-corrected chi connectivity index (χ1v) is 5.70. The van der Waals surface area contributed by atoms with E-state index in [1.54, 1.807) is 0 Å². The average molecular weight is 202 g/mol. The quantitative estimate of drug-likeness (QED) is 0.607. The zero-order valence-corrected chi connectivity index (χ0v) is 9.74. The third-order valence-corrected chi connectivity index (χ3v) is 3.12. The van der Waals surface area contributed by atoms with Crippen LogP contribution in [0.25, 0.3) is 0 Å². The molecule has 80 valence electrons. The molecule has 0 amide bonds. The van der Waals surface area contributed by atoms with Gasteiger partial charge in [0, 0.05) is 32.7 Å². The van der Waals surface area contributed by atoms with Crippen LogP contribution in [0.5, 0.6) is 0 Å². The number of hydrogen-bond donors (Lipinski definition) is 0. The van der Waals surface area contributed by atoms with Crippen LogP contribution >= 0.6 is 0 Å². The van der Waals surface area contributed by atoms with Crippen LogP contribution in [0.2, 0.25) is 0 Å². The zero-order chi connectivity index (χ0) is 10.7. The van der Waals surface area contributed by atoms with Crippen LogP contribution in [-0.2, 0) is 6.54 Å². The molecule has 0 atom stereocenters. The highest BCUT2D eigenvalue weighted by molar-refractivity contribution is 6.32. The summed E-state index contributed by atoms with van der Waals surface area (Å²) in [4.78, 5) is 4.93. The second-order valence-electron chi connectivity index (χ2n) is 4.57. The summed E-state index contributed by atoms with van der Waals surface area (Å²) in [5.41, 5.74) is 2.78. The fraction of sp³-hybridized carbons (Fsp3) is 0.500. The molecule has 2 rings (SSSR count). The Hall–Kier alpha value is -0.795. The Balaban J connectivity index is 1.89. The second kappa shape index (κ2) is 4.82. The van der Waals surface area contributed by atoms with E-state index in [1.807, 2.05) is 0 Å². The summed E-state index contributed by atoms with van der Waals surface area (Å²) < 4.78 is 0. The van der Waals surface area contributed by atoms with E-state index >= 15 is 0 Å². The number of nitrogens with zero attached hydrogens (tertiary/aromatic N) is 2. The first-order chi connectivity index (χ1) is 7.24. The Morgan fingerprint density at radius 1 is 1.07 bits per heavy atom. The van der Waals surface area contributed by atoms with E-state index in [4.69, 9.17) is 0 Å². The minimum Gasteiger partial charge on any atom is -0.304 e. The minimum absolute atomic E-state index is 1.11. The third-order valence-electron chi connectivity index (χ3n) is 3.12. The maximum Gasteiger partial charge on any atom is 0.139 e. The molecule has 0 spiro atoms. The van der Waals surface area contributed by atoms with Gasteiger partial charge in [-0.25, -0.2) is 0 Å².